The van der Waals surface area contributed by atoms with Gasteiger partial charge in [-0.3, -0.25) is 0 Å². The molecule has 1 nitrogen and oxygen atoms in total. The molecule has 2 rings (SSSR count). The molecule has 1 heteroatoms. The third-order valence-corrected chi connectivity index (χ3v) is 4.59. The molecule has 0 spiro atoms. The van der Waals surface area contributed by atoms with Crippen LogP contribution in [0.2, 0.25) is 0 Å². The molecule has 2 fully saturated rings. The van der Waals surface area contributed by atoms with Crippen molar-refractivity contribution in [3.8, 4) is 0 Å². The maximum atomic E-state index is 3.92. The van der Waals surface area contributed by atoms with Gasteiger partial charge in [-0.25, -0.2) is 0 Å². The maximum absolute atomic E-state index is 3.92. The topological polar surface area (TPSA) is 12.0 Å². The number of nitrogens with one attached hydrogen (secondary N) is 1. The number of fused-ring (bicyclic) bond motifs is 1. The molecule has 1 aliphatic carbocycles. The Morgan fingerprint density at radius 3 is 2.47 bits per heavy atom. The van der Waals surface area contributed by atoms with E-state index >= 15 is 0 Å². The van der Waals surface area contributed by atoms with E-state index in [4.69, 9.17) is 0 Å². The Labute approximate surface area is 118 Å². The van der Waals surface area contributed by atoms with Crippen LogP contribution < -0.4 is 5.32 Å². The summed E-state index contributed by atoms with van der Waals surface area (Å²) in [5.41, 5.74) is 2.98. The first-order chi connectivity index (χ1) is 9.27. The zero-order valence-electron chi connectivity index (χ0n) is 12.2. The Morgan fingerprint density at radius 2 is 1.74 bits per heavy atom. The molecule has 0 aromatic heterocycles. The van der Waals surface area contributed by atoms with Crippen molar-refractivity contribution >= 4 is 0 Å². The van der Waals surface area contributed by atoms with Gasteiger partial charge in [0.1, 0.15) is 0 Å². The zero-order chi connectivity index (χ0) is 13.7. The van der Waals surface area contributed by atoms with E-state index in [0.29, 0.717) is 17.9 Å². The standard InChI is InChI=1S/C18H27N/c1-4-8-15-14(3)10-6-12-18-17(11-7-13-19-18)16(15)9-5-2/h4-5,8-9,14,17-19H,1-2,6-7,10-13H2,3H3/b15-8?,16-9+. The SMILES string of the molecule is C=CC=C1/C(=C\C=C)C2CCCNC2CCCC1C. The van der Waals surface area contributed by atoms with Crippen LogP contribution in [0, 0.1) is 11.8 Å². The van der Waals surface area contributed by atoms with E-state index in [1.54, 1.807) is 0 Å². The second-order valence-corrected chi connectivity index (χ2v) is 5.86. The number of hydrogen-bond acceptors (Lipinski definition) is 1. The van der Waals surface area contributed by atoms with Crippen molar-refractivity contribution in [3.05, 3.63) is 48.6 Å². The highest BCUT2D eigenvalue weighted by molar-refractivity contribution is 5.40. The summed E-state index contributed by atoms with van der Waals surface area (Å²) in [7, 11) is 0. The summed E-state index contributed by atoms with van der Waals surface area (Å²) in [6.07, 6.45) is 14.8. The van der Waals surface area contributed by atoms with Gasteiger partial charge in [-0.1, -0.05) is 50.8 Å². The first kappa shape index (κ1) is 14.3. The summed E-state index contributed by atoms with van der Waals surface area (Å²) in [5, 5.41) is 3.73. The van der Waals surface area contributed by atoms with E-state index in [9.17, 15) is 0 Å². The monoisotopic (exact) mass is 257 g/mol. The van der Waals surface area contributed by atoms with E-state index in [2.05, 4.69) is 37.6 Å². The zero-order valence-corrected chi connectivity index (χ0v) is 12.2. The molecule has 0 radical (unpaired) electrons. The van der Waals surface area contributed by atoms with Crippen molar-refractivity contribution in [2.45, 2.75) is 45.1 Å². The Morgan fingerprint density at radius 1 is 1.00 bits per heavy atom. The van der Waals surface area contributed by atoms with E-state index < -0.39 is 0 Å². The Balaban J connectivity index is 2.38. The molecule has 0 bridgehead atoms. The summed E-state index contributed by atoms with van der Waals surface area (Å²) in [5.74, 6) is 1.28. The Kier molecular flexibility index (Phi) is 5.21. The summed E-state index contributed by atoms with van der Waals surface area (Å²) >= 11 is 0. The van der Waals surface area contributed by atoms with Gasteiger partial charge in [-0.15, -0.1) is 0 Å². The second kappa shape index (κ2) is 6.91. The van der Waals surface area contributed by atoms with Crippen molar-refractivity contribution in [2.75, 3.05) is 6.54 Å². The number of rotatable bonds is 2. The van der Waals surface area contributed by atoms with Gasteiger partial charge in [-0.05, 0) is 55.2 Å². The molecule has 1 N–H and O–H groups in total. The molecule has 1 aliphatic heterocycles. The van der Waals surface area contributed by atoms with Crippen molar-refractivity contribution in [2.24, 2.45) is 11.8 Å². The smallest absolute Gasteiger partial charge is 0.0136 e. The summed E-state index contributed by atoms with van der Waals surface area (Å²) in [6.45, 7) is 11.3. The molecular formula is C18H27N. The highest BCUT2D eigenvalue weighted by atomic mass is 14.9. The normalized spacial score (nSPS) is 36.4. The third-order valence-electron chi connectivity index (χ3n) is 4.59. The van der Waals surface area contributed by atoms with Crippen LogP contribution in [0.25, 0.3) is 0 Å². The molecule has 3 unspecified atom stereocenters. The second-order valence-electron chi connectivity index (χ2n) is 5.86. The van der Waals surface area contributed by atoms with Gasteiger partial charge in [0, 0.05) is 6.04 Å². The molecule has 19 heavy (non-hydrogen) atoms. The average molecular weight is 257 g/mol. The van der Waals surface area contributed by atoms with Crippen LogP contribution in [0.15, 0.2) is 48.6 Å². The van der Waals surface area contributed by atoms with Gasteiger partial charge in [0.25, 0.3) is 0 Å². The number of hydrogen-bond donors (Lipinski definition) is 1. The van der Waals surface area contributed by atoms with Crippen LogP contribution in [0.4, 0.5) is 0 Å². The van der Waals surface area contributed by atoms with Crippen molar-refractivity contribution in [1.82, 2.24) is 5.32 Å². The highest BCUT2D eigenvalue weighted by Crippen LogP contribution is 2.38. The van der Waals surface area contributed by atoms with Gasteiger partial charge < -0.3 is 5.32 Å². The average Bonchev–Trinajstić information content (AvgIpc) is 2.42. The van der Waals surface area contributed by atoms with Gasteiger partial charge >= 0.3 is 0 Å². The molecule has 104 valence electrons. The van der Waals surface area contributed by atoms with Crippen LogP contribution in [0.1, 0.15) is 39.0 Å². The van der Waals surface area contributed by atoms with Crippen molar-refractivity contribution in [1.29, 1.82) is 0 Å². The minimum atomic E-state index is 0.632. The Hall–Kier alpha value is -1.08. The fourth-order valence-corrected chi connectivity index (χ4v) is 3.66. The fourth-order valence-electron chi connectivity index (χ4n) is 3.66. The molecule has 1 saturated heterocycles. The largest absolute Gasteiger partial charge is 0.313 e. The summed E-state index contributed by atoms with van der Waals surface area (Å²) < 4.78 is 0. The van der Waals surface area contributed by atoms with Crippen LogP contribution in [0.5, 0.6) is 0 Å². The van der Waals surface area contributed by atoms with Crippen molar-refractivity contribution in [3.63, 3.8) is 0 Å². The summed E-state index contributed by atoms with van der Waals surface area (Å²) in [6, 6.07) is 0.653. The molecule has 0 amide bonds. The first-order valence-electron chi connectivity index (χ1n) is 7.67. The molecule has 0 aromatic carbocycles. The lowest BCUT2D eigenvalue weighted by molar-refractivity contribution is 0.281. The van der Waals surface area contributed by atoms with Crippen LogP contribution in [-0.4, -0.2) is 12.6 Å². The molecule has 3 atom stereocenters. The molecule has 1 saturated carbocycles. The molecule has 1 heterocycles. The minimum absolute atomic E-state index is 0.632. The lowest BCUT2D eigenvalue weighted by atomic mass is 9.73. The van der Waals surface area contributed by atoms with E-state index in [0.717, 1.165) is 0 Å². The van der Waals surface area contributed by atoms with Gasteiger partial charge in [-0.2, -0.15) is 0 Å². The molecular weight excluding hydrogens is 230 g/mol. The Bertz CT molecular complexity index is 388. The summed E-state index contributed by atoms with van der Waals surface area (Å²) in [4.78, 5) is 0. The highest BCUT2D eigenvalue weighted by Gasteiger charge is 2.31. The fraction of sp³-hybridized carbons (Fsp3) is 0.556. The minimum Gasteiger partial charge on any atom is -0.313 e. The third kappa shape index (κ3) is 3.27. The maximum Gasteiger partial charge on any atom is 0.0136 e. The van der Waals surface area contributed by atoms with Crippen LogP contribution >= 0.6 is 0 Å². The quantitative estimate of drug-likeness (QED) is 0.773. The lowest BCUT2D eigenvalue weighted by Gasteiger charge is -2.38. The van der Waals surface area contributed by atoms with Crippen LogP contribution in [0.3, 0.4) is 0 Å². The molecule has 0 aromatic rings. The van der Waals surface area contributed by atoms with E-state index in [1.165, 1.54) is 49.8 Å². The lowest BCUT2D eigenvalue weighted by Crippen LogP contribution is -2.43. The number of piperidine rings is 1. The van der Waals surface area contributed by atoms with Gasteiger partial charge in [0.05, 0.1) is 0 Å². The predicted octanol–water partition coefficient (Wildman–Crippen LogP) is 4.40. The van der Waals surface area contributed by atoms with Gasteiger partial charge in [0.15, 0.2) is 0 Å². The van der Waals surface area contributed by atoms with E-state index in [-0.39, 0.29) is 0 Å². The predicted molar refractivity (Wildman–Crippen MR) is 84.1 cm³/mol. The first-order valence-corrected chi connectivity index (χ1v) is 7.67. The van der Waals surface area contributed by atoms with Crippen molar-refractivity contribution < 1.29 is 0 Å². The van der Waals surface area contributed by atoms with Crippen LogP contribution in [-0.2, 0) is 0 Å². The molecule has 2 aliphatic rings. The number of allylic oxidation sites excluding steroid dienone is 5. The van der Waals surface area contributed by atoms with E-state index in [1.807, 2.05) is 12.2 Å². The van der Waals surface area contributed by atoms with Gasteiger partial charge in [0.2, 0.25) is 0 Å².